The number of hydrogen-bond donors (Lipinski definition) is 6. The molecular weight excluding hydrogens is 1020 g/mol. The number of aromatic nitrogens is 5. The molecule has 0 fully saturated rings. The monoisotopic (exact) mass is 1090 g/mol. The van der Waals surface area contributed by atoms with Gasteiger partial charge < -0.3 is 41.0 Å². The number of carbonyl (C=O) groups excluding carboxylic acids is 3. The van der Waals surface area contributed by atoms with Crippen LogP contribution in [0.2, 0.25) is 0 Å². The summed E-state index contributed by atoms with van der Waals surface area (Å²) in [5.41, 5.74) is 10.0. The van der Waals surface area contributed by atoms with E-state index in [-0.39, 0.29) is 60.1 Å². The Balaban J connectivity index is 0.000000281. The number of esters is 1. The Morgan fingerprint density at radius 2 is 1.68 bits per heavy atom. The molecule has 3 heterocycles. The van der Waals surface area contributed by atoms with E-state index in [4.69, 9.17) is 15.2 Å². The van der Waals surface area contributed by atoms with E-state index in [0.717, 1.165) is 41.5 Å². The summed E-state index contributed by atoms with van der Waals surface area (Å²) in [4.78, 5) is 56.1. The minimum atomic E-state index is -4.60. The maximum atomic E-state index is 13.6. The van der Waals surface area contributed by atoms with Gasteiger partial charge >= 0.3 is 12.1 Å². The van der Waals surface area contributed by atoms with Crippen molar-refractivity contribution in [2.75, 3.05) is 41.5 Å². The fourth-order valence-corrected chi connectivity index (χ4v) is 8.18. The van der Waals surface area contributed by atoms with Crippen LogP contribution in [0.5, 0.6) is 0 Å². The Bertz CT molecular complexity index is 2950. The first kappa shape index (κ1) is 60.1. The van der Waals surface area contributed by atoms with E-state index in [1.807, 2.05) is 43.3 Å². The van der Waals surface area contributed by atoms with Crippen LogP contribution >= 0.6 is 12.6 Å². The van der Waals surface area contributed by atoms with E-state index in [1.165, 1.54) is 17.0 Å². The molecule has 0 saturated heterocycles. The van der Waals surface area contributed by atoms with Crippen molar-refractivity contribution < 1.29 is 45.4 Å². The molecule has 3 aromatic carbocycles. The van der Waals surface area contributed by atoms with Crippen LogP contribution in [0.25, 0.3) is 16.9 Å². The molecule has 6 N–H and O–H groups in total. The van der Waals surface area contributed by atoms with E-state index in [1.54, 1.807) is 75.9 Å². The number of pyridine rings is 1. The molecule has 408 valence electrons. The topological polar surface area (TPSA) is 234 Å². The van der Waals surface area contributed by atoms with Gasteiger partial charge in [-0.15, -0.1) is 0 Å². The van der Waals surface area contributed by atoms with Crippen LogP contribution < -0.4 is 27.0 Å². The van der Waals surface area contributed by atoms with Crippen molar-refractivity contribution in [2.24, 2.45) is 11.7 Å². The third-order valence-electron chi connectivity index (χ3n) is 11.8. The summed E-state index contributed by atoms with van der Waals surface area (Å²) in [5.74, 6) is -0.896. The third-order valence-corrected chi connectivity index (χ3v) is 13.3. The number of hydrogen-bond acceptors (Lipinski definition) is 15. The molecule has 0 spiro atoms. The van der Waals surface area contributed by atoms with Crippen molar-refractivity contribution in [3.05, 3.63) is 144 Å². The zero-order valence-electron chi connectivity index (χ0n) is 43.5. The molecule has 0 saturated carbocycles. The van der Waals surface area contributed by atoms with Crippen LogP contribution in [-0.4, -0.2) is 112 Å². The van der Waals surface area contributed by atoms with Crippen LogP contribution in [0.15, 0.2) is 116 Å². The highest BCUT2D eigenvalue weighted by Gasteiger charge is 2.32. The van der Waals surface area contributed by atoms with Crippen molar-refractivity contribution in [3.8, 4) is 16.9 Å². The number of aryl methyl sites for hydroxylation is 2. The Morgan fingerprint density at radius 1 is 0.934 bits per heavy atom. The number of halogens is 3. The van der Waals surface area contributed by atoms with Gasteiger partial charge in [-0.2, -0.15) is 25.8 Å². The fourth-order valence-electron chi connectivity index (χ4n) is 7.39. The fraction of sp³-hybridized carbons (Fsp3) is 0.389. The van der Waals surface area contributed by atoms with E-state index < -0.39 is 57.6 Å². The second-order valence-electron chi connectivity index (χ2n) is 18.6. The lowest BCUT2D eigenvalue weighted by atomic mass is 9.99. The third kappa shape index (κ3) is 19.4. The predicted molar refractivity (Wildman–Crippen MR) is 291 cm³/mol. The van der Waals surface area contributed by atoms with Crippen molar-refractivity contribution in [3.63, 3.8) is 0 Å². The van der Waals surface area contributed by atoms with E-state index in [9.17, 15) is 36.0 Å². The number of imidazole rings is 1. The van der Waals surface area contributed by atoms with Crippen LogP contribution in [0.3, 0.4) is 0 Å². The largest absolute Gasteiger partial charge is 0.461 e. The lowest BCUT2D eigenvalue weighted by Crippen LogP contribution is -2.50. The minimum absolute atomic E-state index is 0.00114. The number of benzene rings is 3. The summed E-state index contributed by atoms with van der Waals surface area (Å²) in [6, 6.07) is 21.9. The van der Waals surface area contributed by atoms with E-state index in [0.29, 0.717) is 35.3 Å². The first-order valence-corrected chi connectivity index (χ1v) is 27.3. The summed E-state index contributed by atoms with van der Waals surface area (Å²) in [6.07, 6.45) is 4.26. The first-order valence-electron chi connectivity index (χ1n) is 24.6. The maximum Gasteiger partial charge on any atom is 0.416 e. The van der Waals surface area contributed by atoms with Gasteiger partial charge in [0.15, 0.2) is 0 Å². The van der Waals surface area contributed by atoms with Gasteiger partial charge in [-0.05, 0) is 99.7 Å². The smallest absolute Gasteiger partial charge is 0.416 e. The Morgan fingerprint density at radius 3 is 2.32 bits per heavy atom. The summed E-state index contributed by atoms with van der Waals surface area (Å²) in [5, 5.41) is 11.8. The highest BCUT2D eigenvalue weighted by molar-refractivity contribution is 7.90. The maximum absolute atomic E-state index is 13.6. The summed E-state index contributed by atoms with van der Waals surface area (Å²) >= 11 is 4.24. The molecule has 17 nitrogen and oxygen atoms in total. The number of sulfone groups is 1. The lowest BCUT2D eigenvalue weighted by molar-refractivity contribution is -0.153. The molecule has 6 aromatic rings. The number of nitrogens with one attached hydrogen (secondary N) is 4. The van der Waals surface area contributed by atoms with Crippen molar-refractivity contribution in [1.82, 2.24) is 35.1 Å². The van der Waals surface area contributed by atoms with Gasteiger partial charge in [0.05, 0.1) is 41.7 Å². The molecule has 0 unspecified atom stereocenters. The van der Waals surface area contributed by atoms with Gasteiger partial charge in [-0.3, -0.25) is 14.6 Å². The molecule has 0 aliphatic rings. The van der Waals surface area contributed by atoms with Crippen molar-refractivity contribution in [2.45, 2.75) is 97.3 Å². The predicted octanol–water partition coefficient (Wildman–Crippen LogP) is 8.10. The molecule has 22 heteroatoms. The standard InChI is InChI=1S/C28H22F3N7O.C26H45N3O6S2/c1-17-5-6-19(10-25(17)37-27-33-9-7-24(36-27)20-4-3-8-32-14-20)26(39)35-22-11-21(28(29,30)31)12-23(13-22)38-15-18(2)34-16-38;1-6-19(4)23(28-15-21(27)17-36)16-34-24(14-20-10-8-7-9-11-20)25(30)29-22(12-13-37(5,32)33)26(31)35-18(2)3/h3-16H,1-2H3,(H,35,39)(H,33,36,37);7-11,18-19,21-24,28,36H,6,12-17,27H2,1-5H3,(H,29,30)/t;19-,21+,22-,23+,24-/m.0/s1. The molecule has 5 atom stereocenters. The zero-order valence-corrected chi connectivity index (χ0v) is 45.3. The van der Waals surface area contributed by atoms with Crippen LogP contribution in [-0.2, 0) is 41.5 Å². The summed E-state index contributed by atoms with van der Waals surface area (Å²) < 4.78 is 77.2. The summed E-state index contributed by atoms with van der Waals surface area (Å²) in [7, 11) is -3.35. The van der Waals surface area contributed by atoms with Gasteiger partial charge in [0.25, 0.3) is 5.91 Å². The highest BCUT2D eigenvalue weighted by Crippen LogP contribution is 2.33. The normalized spacial score (nSPS) is 13.6. The number of rotatable bonds is 24. The number of carbonyl (C=O) groups is 3. The highest BCUT2D eigenvalue weighted by atomic mass is 32.2. The Kier molecular flexibility index (Phi) is 22.5. The summed E-state index contributed by atoms with van der Waals surface area (Å²) in [6.45, 7) is 12.0. The molecule has 2 amide bonds. The molecule has 76 heavy (non-hydrogen) atoms. The average Bonchev–Trinajstić information content (AvgIpc) is 3.83. The first-order chi connectivity index (χ1) is 36.0. The molecule has 0 aliphatic heterocycles. The minimum Gasteiger partial charge on any atom is -0.461 e. The number of alkyl halides is 3. The number of nitrogens with two attached hydrogens (primary N) is 1. The van der Waals surface area contributed by atoms with Crippen molar-refractivity contribution >= 4 is 57.6 Å². The van der Waals surface area contributed by atoms with Crippen LogP contribution in [0.1, 0.15) is 73.3 Å². The van der Waals surface area contributed by atoms with Crippen molar-refractivity contribution in [1.29, 1.82) is 0 Å². The van der Waals surface area contributed by atoms with Gasteiger partial charge in [0.1, 0.15) is 22.0 Å². The Hall–Kier alpha value is -6.72. The van der Waals surface area contributed by atoms with Gasteiger partial charge in [0.2, 0.25) is 11.9 Å². The van der Waals surface area contributed by atoms with E-state index >= 15 is 0 Å². The Labute approximate surface area is 447 Å². The van der Waals surface area contributed by atoms with Crippen LogP contribution in [0.4, 0.5) is 30.5 Å². The number of amides is 2. The van der Waals surface area contributed by atoms with Gasteiger partial charge in [-0.25, -0.2) is 28.2 Å². The number of anilines is 3. The molecule has 0 bridgehead atoms. The number of thiol groups is 1. The van der Waals surface area contributed by atoms with Gasteiger partial charge in [0, 0.05) is 90.0 Å². The second kappa shape index (κ2) is 28.4. The lowest BCUT2D eigenvalue weighted by Gasteiger charge is -2.28. The molecule has 0 radical (unpaired) electrons. The average molecular weight is 1090 g/mol. The molecule has 3 aromatic heterocycles. The number of nitrogens with zero attached hydrogens (tertiary/aromatic N) is 5. The van der Waals surface area contributed by atoms with E-state index in [2.05, 4.69) is 67.7 Å². The molecular formula is C54H67F3N10O7S2. The second-order valence-corrected chi connectivity index (χ2v) is 21.2. The quantitative estimate of drug-likeness (QED) is 0.0248. The van der Waals surface area contributed by atoms with Gasteiger partial charge in [-0.1, -0.05) is 56.7 Å². The molecule has 6 rings (SSSR count). The SMILES string of the molecule is CC[C@H](C)[C@@H](CO[C@@H](Cc1ccccc1)C(=O)N[C@@H](CCS(C)(=O)=O)C(=O)OC(C)C)NC[C@@H](N)CS.Cc1cn(-c2cc(NC(=O)c3ccc(C)c(Nc4nccc(-c5cccnc5)n4)c3)cc(C(F)(F)F)c2)cn1. The van der Waals surface area contributed by atoms with Crippen LogP contribution in [0, 0.1) is 19.8 Å². The zero-order chi connectivity index (χ0) is 55.6. The number of ether oxygens (including phenoxy) is 2. The molecule has 0 aliphatic carbocycles.